The number of carbonyl (C=O) groups excluding carboxylic acids is 1. The van der Waals surface area contributed by atoms with Crippen molar-refractivity contribution in [1.29, 1.82) is 0 Å². The van der Waals surface area contributed by atoms with E-state index in [1.165, 1.54) is 0 Å². The number of amides is 1. The highest BCUT2D eigenvalue weighted by molar-refractivity contribution is 6.32. The summed E-state index contributed by atoms with van der Waals surface area (Å²) in [6, 6.07) is 15.7. The first-order chi connectivity index (χ1) is 14.7. The quantitative estimate of drug-likeness (QED) is 0.588. The maximum Gasteiger partial charge on any atom is 0.260 e. The molecule has 1 saturated heterocycles. The Morgan fingerprint density at radius 2 is 1.90 bits per heavy atom. The summed E-state index contributed by atoms with van der Waals surface area (Å²) in [5.41, 5.74) is 2.10. The highest BCUT2D eigenvalue weighted by Crippen LogP contribution is 2.31. The highest BCUT2D eigenvalue weighted by atomic mass is 35.5. The molecule has 1 fully saturated rings. The first kappa shape index (κ1) is 20.4. The summed E-state index contributed by atoms with van der Waals surface area (Å²) >= 11 is 6.39. The van der Waals surface area contributed by atoms with Crippen molar-refractivity contribution < 1.29 is 9.53 Å². The van der Waals surface area contributed by atoms with E-state index in [-0.39, 0.29) is 12.5 Å². The second-order valence-electron chi connectivity index (χ2n) is 7.43. The molecule has 0 unspecified atom stereocenters. The topological polar surface area (TPSA) is 60.2 Å². The number of aryl methyl sites for hydroxylation is 1. The van der Waals surface area contributed by atoms with Crippen LogP contribution < -0.4 is 4.74 Å². The second-order valence-corrected chi connectivity index (χ2v) is 7.84. The maximum absolute atomic E-state index is 12.6. The van der Waals surface area contributed by atoms with Gasteiger partial charge in [0, 0.05) is 25.6 Å². The van der Waals surface area contributed by atoms with Crippen molar-refractivity contribution in [2.75, 3.05) is 19.7 Å². The zero-order valence-corrected chi connectivity index (χ0v) is 17.8. The molecule has 0 atom stereocenters. The van der Waals surface area contributed by atoms with Crippen LogP contribution in [0.15, 0.2) is 54.9 Å². The average Bonchev–Trinajstić information content (AvgIpc) is 3.27. The van der Waals surface area contributed by atoms with Gasteiger partial charge in [0.1, 0.15) is 17.9 Å². The Morgan fingerprint density at radius 1 is 1.13 bits per heavy atom. The van der Waals surface area contributed by atoms with Gasteiger partial charge in [-0.25, -0.2) is 0 Å². The molecule has 0 saturated carbocycles. The molecule has 2 aromatic carbocycles. The number of benzene rings is 2. The Balaban J connectivity index is 1.31. The van der Waals surface area contributed by atoms with Crippen LogP contribution in [0.2, 0.25) is 5.02 Å². The Kier molecular flexibility index (Phi) is 6.33. The summed E-state index contributed by atoms with van der Waals surface area (Å²) in [5, 5.41) is 8.79. The summed E-state index contributed by atoms with van der Waals surface area (Å²) < 4.78 is 7.80. The largest absolute Gasteiger partial charge is 0.482 e. The number of halogens is 1. The molecule has 0 bridgehead atoms. The minimum atomic E-state index is -0.0198. The van der Waals surface area contributed by atoms with Crippen LogP contribution in [-0.4, -0.2) is 45.3 Å². The lowest BCUT2D eigenvalue weighted by molar-refractivity contribution is -0.134. The lowest BCUT2D eigenvalue weighted by atomic mass is 9.96. The minimum Gasteiger partial charge on any atom is -0.482 e. The van der Waals surface area contributed by atoms with Gasteiger partial charge < -0.3 is 14.2 Å². The molecule has 156 valence electrons. The molecular weight excluding hydrogens is 400 g/mol. The van der Waals surface area contributed by atoms with E-state index in [1.54, 1.807) is 6.33 Å². The van der Waals surface area contributed by atoms with Crippen LogP contribution in [0.25, 0.3) is 11.1 Å². The van der Waals surface area contributed by atoms with Crippen molar-refractivity contribution in [3.63, 3.8) is 0 Å². The third kappa shape index (κ3) is 4.49. The number of carbonyl (C=O) groups is 1. The first-order valence-corrected chi connectivity index (χ1v) is 10.7. The minimum absolute atomic E-state index is 0.0137. The third-order valence-corrected chi connectivity index (χ3v) is 5.88. The lowest BCUT2D eigenvalue weighted by Crippen LogP contribution is -2.40. The van der Waals surface area contributed by atoms with Crippen LogP contribution in [0.5, 0.6) is 5.75 Å². The SMILES string of the molecule is CCn1cnnc1C1CCN(C(=O)COc2ccc(-c3ccccc3)cc2Cl)CC1. The van der Waals surface area contributed by atoms with E-state index in [4.69, 9.17) is 16.3 Å². The van der Waals surface area contributed by atoms with Crippen molar-refractivity contribution in [1.82, 2.24) is 19.7 Å². The summed E-state index contributed by atoms with van der Waals surface area (Å²) in [5.74, 6) is 1.87. The van der Waals surface area contributed by atoms with Gasteiger partial charge in [-0.2, -0.15) is 0 Å². The molecule has 1 amide bonds. The fraction of sp³-hybridized carbons (Fsp3) is 0.348. The first-order valence-electron chi connectivity index (χ1n) is 10.3. The number of ether oxygens (including phenoxy) is 1. The number of hydrogen-bond acceptors (Lipinski definition) is 4. The van der Waals surface area contributed by atoms with Crippen molar-refractivity contribution >= 4 is 17.5 Å². The smallest absolute Gasteiger partial charge is 0.260 e. The molecule has 4 rings (SSSR count). The second kappa shape index (κ2) is 9.30. The summed E-state index contributed by atoms with van der Waals surface area (Å²) in [6.45, 7) is 4.33. The van der Waals surface area contributed by atoms with Gasteiger partial charge in [0.2, 0.25) is 0 Å². The van der Waals surface area contributed by atoms with Crippen LogP contribution in [0.1, 0.15) is 31.5 Å². The van der Waals surface area contributed by atoms with Crippen LogP contribution in [0.4, 0.5) is 0 Å². The molecule has 3 aromatic rings. The van der Waals surface area contributed by atoms with Crippen LogP contribution in [0.3, 0.4) is 0 Å². The number of rotatable bonds is 6. The maximum atomic E-state index is 12.6. The molecule has 0 spiro atoms. The normalized spacial score (nSPS) is 14.7. The highest BCUT2D eigenvalue weighted by Gasteiger charge is 2.27. The van der Waals surface area contributed by atoms with Crippen molar-refractivity contribution in [2.45, 2.75) is 32.2 Å². The third-order valence-electron chi connectivity index (χ3n) is 5.59. The fourth-order valence-corrected chi connectivity index (χ4v) is 4.10. The molecule has 0 N–H and O–H groups in total. The number of likely N-dealkylation sites (tertiary alicyclic amines) is 1. The standard InChI is InChI=1S/C23H25ClN4O2/c1-2-27-16-25-26-23(27)18-10-12-28(13-11-18)22(29)15-30-21-9-8-19(14-20(21)24)17-6-4-3-5-7-17/h3-9,14,16,18H,2,10-13,15H2,1H3. The fourth-order valence-electron chi connectivity index (χ4n) is 3.87. The zero-order chi connectivity index (χ0) is 20.9. The summed E-state index contributed by atoms with van der Waals surface area (Å²) in [6.07, 6.45) is 3.54. The van der Waals surface area contributed by atoms with Gasteiger partial charge in [-0.05, 0) is 43.0 Å². The van der Waals surface area contributed by atoms with Crippen LogP contribution >= 0.6 is 11.6 Å². The molecular formula is C23H25ClN4O2. The molecule has 1 aliphatic heterocycles. The predicted molar refractivity (Wildman–Crippen MR) is 117 cm³/mol. The Hall–Kier alpha value is -2.86. The summed E-state index contributed by atoms with van der Waals surface area (Å²) in [4.78, 5) is 14.5. The van der Waals surface area contributed by atoms with E-state index in [2.05, 4.69) is 21.7 Å². The van der Waals surface area contributed by atoms with Crippen molar-refractivity contribution in [3.05, 3.63) is 65.7 Å². The van der Waals surface area contributed by atoms with Crippen molar-refractivity contribution in [2.24, 2.45) is 0 Å². The molecule has 1 aromatic heterocycles. The number of piperidine rings is 1. The van der Waals surface area contributed by atoms with Crippen LogP contribution in [0, 0.1) is 0 Å². The lowest BCUT2D eigenvalue weighted by Gasteiger charge is -2.31. The van der Waals surface area contributed by atoms with E-state index in [0.29, 0.717) is 29.8 Å². The average molecular weight is 425 g/mol. The molecule has 6 nitrogen and oxygen atoms in total. The van der Waals surface area contributed by atoms with Gasteiger partial charge in [-0.3, -0.25) is 4.79 Å². The number of nitrogens with zero attached hydrogens (tertiary/aromatic N) is 4. The van der Waals surface area contributed by atoms with Crippen molar-refractivity contribution in [3.8, 4) is 16.9 Å². The van der Waals surface area contributed by atoms with Gasteiger partial charge >= 0.3 is 0 Å². The van der Waals surface area contributed by atoms with E-state index < -0.39 is 0 Å². The molecule has 2 heterocycles. The van der Waals surface area contributed by atoms with Gasteiger partial charge in [-0.15, -0.1) is 10.2 Å². The molecule has 30 heavy (non-hydrogen) atoms. The monoisotopic (exact) mass is 424 g/mol. The number of aromatic nitrogens is 3. The Morgan fingerprint density at radius 3 is 2.60 bits per heavy atom. The van der Waals surface area contributed by atoms with Gasteiger partial charge in [0.25, 0.3) is 5.91 Å². The van der Waals surface area contributed by atoms with Gasteiger partial charge in [0.15, 0.2) is 6.61 Å². The Bertz CT molecular complexity index is 997. The van der Waals surface area contributed by atoms with E-state index >= 15 is 0 Å². The van der Waals surface area contributed by atoms with E-state index in [0.717, 1.165) is 36.3 Å². The van der Waals surface area contributed by atoms with E-state index in [9.17, 15) is 4.79 Å². The van der Waals surface area contributed by atoms with Gasteiger partial charge in [0.05, 0.1) is 5.02 Å². The summed E-state index contributed by atoms with van der Waals surface area (Å²) in [7, 11) is 0. The molecule has 0 radical (unpaired) electrons. The zero-order valence-electron chi connectivity index (χ0n) is 17.0. The van der Waals surface area contributed by atoms with Gasteiger partial charge in [-0.1, -0.05) is 48.0 Å². The molecule has 1 aliphatic rings. The number of hydrogen-bond donors (Lipinski definition) is 0. The molecule has 7 heteroatoms. The van der Waals surface area contributed by atoms with E-state index in [1.807, 2.05) is 53.4 Å². The molecule has 0 aliphatic carbocycles. The Labute approximate surface area is 181 Å². The predicted octanol–water partition coefficient (Wildman–Crippen LogP) is 4.40. The van der Waals surface area contributed by atoms with Crippen LogP contribution in [-0.2, 0) is 11.3 Å².